The number of fused-ring (bicyclic) bond motifs is 3. The molecule has 3 heterocycles. The van der Waals surface area contributed by atoms with Gasteiger partial charge < -0.3 is 30.1 Å². The number of alkyl carbamates (subject to hydrolysis) is 1. The van der Waals surface area contributed by atoms with Crippen LogP contribution in [0.25, 0.3) is 28.2 Å². The molecule has 244 valence electrons. The van der Waals surface area contributed by atoms with Crippen LogP contribution in [-0.4, -0.2) is 75.7 Å². The molecule has 2 fully saturated rings. The van der Waals surface area contributed by atoms with Gasteiger partial charge in [0.2, 0.25) is 11.8 Å². The summed E-state index contributed by atoms with van der Waals surface area (Å²) >= 11 is 0. The molecule has 2 aliphatic heterocycles. The number of benzene rings is 2. The number of pyridine rings is 1. The zero-order valence-corrected chi connectivity index (χ0v) is 26.2. The molecular formula is C36H38N4O7. The number of aliphatic carboxylic acids is 1. The summed E-state index contributed by atoms with van der Waals surface area (Å²) in [6.07, 6.45) is 5.78. The van der Waals surface area contributed by atoms with Gasteiger partial charge in [0.15, 0.2) is 0 Å². The third kappa shape index (κ3) is 6.56. The van der Waals surface area contributed by atoms with E-state index in [4.69, 9.17) is 14.5 Å². The van der Waals surface area contributed by atoms with Gasteiger partial charge in [-0.25, -0.2) is 14.6 Å². The molecule has 1 aromatic heterocycles. The van der Waals surface area contributed by atoms with Crippen LogP contribution in [0, 0.1) is 5.92 Å². The second-order valence-corrected chi connectivity index (χ2v) is 12.3. The highest BCUT2D eigenvalue weighted by molar-refractivity contribution is 5.96. The molecule has 6 rings (SSSR count). The van der Waals surface area contributed by atoms with Gasteiger partial charge in [-0.05, 0) is 36.6 Å². The largest absolute Gasteiger partial charge is 0.488 e. The zero-order chi connectivity index (χ0) is 33.1. The molecule has 1 saturated heterocycles. The number of carbonyl (C=O) groups is 4. The summed E-state index contributed by atoms with van der Waals surface area (Å²) in [5.74, 6) is -2.10. The lowest BCUT2D eigenvalue weighted by molar-refractivity contribution is -0.145. The van der Waals surface area contributed by atoms with Crippen LogP contribution in [0.1, 0.15) is 44.6 Å². The Morgan fingerprint density at radius 1 is 1.19 bits per heavy atom. The Morgan fingerprint density at radius 2 is 2.00 bits per heavy atom. The lowest BCUT2D eigenvalue weighted by atomic mass is 10.1. The summed E-state index contributed by atoms with van der Waals surface area (Å²) < 4.78 is 12.0. The molecule has 3 amide bonds. The van der Waals surface area contributed by atoms with E-state index in [1.165, 1.54) is 11.0 Å². The Labute approximate surface area is 272 Å². The van der Waals surface area contributed by atoms with E-state index in [2.05, 4.69) is 17.2 Å². The molecule has 0 spiro atoms. The molecule has 3 aromatic rings. The average Bonchev–Trinajstić information content (AvgIpc) is 3.64. The maximum Gasteiger partial charge on any atom is 0.408 e. The minimum absolute atomic E-state index is 0.0222. The smallest absolute Gasteiger partial charge is 0.408 e. The van der Waals surface area contributed by atoms with E-state index in [0.717, 1.165) is 22.9 Å². The Morgan fingerprint density at radius 3 is 2.72 bits per heavy atom. The molecule has 11 nitrogen and oxygen atoms in total. The number of rotatable bonds is 8. The molecule has 0 radical (unpaired) electrons. The van der Waals surface area contributed by atoms with E-state index in [0.29, 0.717) is 29.8 Å². The van der Waals surface area contributed by atoms with E-state index in [9.17, 15) is 24.3 Å². The number of unbranched alkanes of at least 4 members (excludes halogenated alkanes) is 1. The number of ether oxygens (including phenoxy) is 2. The summed E-state index contributed by atoms with van der Waals surface area (Å²) in [6, 6.07) is 15.3. The van der Waals surface area contributed by atoms with E-state index in [1.807, 2.05) is 67.6 Å². The Bertz CT molecular complexity index is 1740. The summed E-state index contributed by atoms with van der Waals surface area (Å²) in [5.41, 5.74) is 1.67. The second kappa shape index (κ2) is 13.3. The lowest BCUT2D eigenvalue weighted by Gasteiger charge is -2.29. The number of amides is 3. The number of aromatic nitrogens is 1. The topological polar surface area (TPSA) is 147 Å². The van der Waals surface area contributed by atoms with Crippen LogP contribution >= 0.6 is 0 Å². The van der Waals surface area contributed by atoms with Crippen LogP contribution in [-0.2, 0) is 19.1 Å². The number of nitrogens with zero attached hydrogens (tertiary/aromatic N) is 2. The predicted molar refractivity (Wildman–Crippen MR) is 175 cm³/mol. The maximum atomic E-state index is 14.1. The third-order valence-electron chi connectivity index (χ3n) is 9.09. The molecule has 11 heteroatoms. The molecule has 3 aliphatic rings. The number of carboxylic acids is 1. The molecule has 3 N–H and O–H groups in total. The van der Waals surface area contributed by atoms with Crippen LogP contribution in [0.4, 0.5) is 4.79 Å². The maximum absolute atomic E-state index is 14.1. The normalized spacial score (nSPS) is 26.2. The first kappa shape index (κ1) is 31.8. The summed E-state index contributed by atoms with van der Waals surface area (Å²) in [7, 11) is 0. The van der Waals surface area contributed by atoms with Gasteiger partial charge in [0.05, 0.1) is 17.8 Å². The fraction of sp³-hybridized carbons (Fsp3) is 0.361. The lowest BCUT2D eigenvalue weighted by Crippen LogP contribution is -2.56. The summed E-state index contributed by atoms with van der Waals surface area (Å²) in [6.45, 7) is 5.71. The van der Waals surface area contributed by atoms with Gasteiger partial charge in [0.25, 0.3) is 0 Å². The summed E-state index contributed by atoms with van der Waals surface area (Å²) in [4.78, 5) is 59.2. The van der Waals surface area contributed by atoms with Crippen molar-refractivity contribution < 1.29 is 33.8 Å². The van der Waals surface area contributed by atoms with E-state index < -0.39 is 53.5 Å². The quantitative estimate of drug-likeness (QED) is 0.301. The minimum Gasteiger partial charge on any atom is -0.488 e. The van der Waals surface area contributed by atoms with Crippen molar-refractivity contribution in [3.63, 3.8) is 0 Å². The van der Waals surface area contributed by atoms with Crippen molar-refractivity contribution in [1.29, 1.82) is 0 Å². The van der Waals surface area contributed by atoms with Crippen LogP contribution in [0.5, 0.6) is 5.75 Å². The standard InChI is InChI=1S/C36H38N4O7/c1-3-5-13-28-33(42)40-21-25(18-30(40)32(41)39-36(34(43)44)20-24(36)4-2)47-31-19-29(23-11-7-6-8-12-23)37-27-15-14-22(17-26(27)31)10-9-16-46-35(45)38-28/h4,6-12,14-15,17,19,24-25,28,30H,2-3,5,13,16,18,20-21H2,1H3,(H,38,45)(H,39,41)(H,43,44)/b10-9-/t24-,25+,28-,30-,36+/m0/s1. The first-order valence-corrected chi connectivity index (χ1v) is 16.0. The zero-order valence-electron chi connectivity index (χ0n) is 26.2. The number of cyclic esters (lactones) is 1. The SMILES string of the molecule is C=C[C@H]1C[C@]1(NC(=O)[C@@H]1C[C@@H]2CN1C(=O)[C@H](CCCC)NC(=O)OC/C=C\c1ccc3nc(-c4ccccc4)cc(c3c1)O2)C(=O)O. The summed E-state index contributed by atoms with van der Waals surface area (Å²) in [5, 5.41) is 16.1. The van der Waals surface area contributed by atoms with Gasteiger partial charge in [-0.15, -0.1) is 6.58 Å². The van der Waals surface area contributed by atoms with Crippen LogP contribution in [0.15, 0.2) is 73.3 Å². The Hall–Kier alpha value is -5.19. The van der Waals surface area contributed by atoms with E-state index >= 15 is 0 Å². The van der Waals surface area contributed by atoms with Crippen molar-refractivity contribution in [1.82, 2.24) is 20.5 Å². The van der Waals surface area contributed by atoms with Gasteiger partial charge in [0.1, 0.15) is 36.1 Å². The van der Waals surface area contributed by atoms with Crippen molar-refractivity contribution in [3.8, 4) is 17.0 Å². The Balaban J connectivity index is 1.40. The fourth-order valence-electron chi connectivity index (χ4n) is 6.40. The van der Waals surface area contributed by atoms with Crippen LogP contribution < -0.4 is 15.4 Å². The van der Waals surface area contributed by atoms with E-state index in [1.54, 1.807) is 6.08 Å². The van der Waals surface area contributed by atoms with Crippen molar-refractivity contribution in [2.24, 2.45) is 5.92 Å². The highest BCUT2D eigenvalue weighted by Gasteiger charge is 2.61. The molecule has 1 aliphatic carbocycles. The van der Waals surface area contributed by atoms with Gasteiger partial charge in [-0.2, -0.15) is 0 Å². The number of carboxylic acid groups (broad SMARTS) is 1. The number of hydrogen-bond acceptors (Lipinski definition) is 7. The first-order valence-electron chi connectivity index (χ1n) is 16.0. The molecule has 4 bridgehead atoms. The third-order valence-corrected chi connectivity index (χ3v) is 9.09. The van der Waals surface area contributed by atoms with E-state index in [-0.39, 0.29) is 26.0 Å². The molecule has 1 saturated carbocycles. The molecular weight excluding hydrogens is 600 g/mol. The predicted octanol–water partition coefficient (Wildman–Crippen LogP) is 4.71. The highest BCUT2D eigenvalue weighted by atomic mass is 16.5. The van der Waals surface area contributed by atoms with Gasteiger partial charge in [0, 0.05) is 29.4 Å². The average molecular weight is 639 g/mol. The van der Waals surface area contributed by atoms with Gasteiger partial charge in [-0.1, -0.05) is 68.3 Å². The fourth-order valence-corrected chi connectivity index (χ4v) is 6.40. The molecule has 2 aromatic carbocycles. The Kier molecular flexibility index (Phi) is 8.97. The molecule has 5 atom stereocenters. The van der Waals surface area contributed by atoms with Crippen molar-refractivity contribution in [3.05, 3.63) is 78.9 Å². The number of nitrogens with one attached hydrogen (secondary N) is 2. The highest BCUT2D eigenvalue weighted by Crippen LogP contribution is 2.45. The van der Waals surface area contributed by atoms with Crippen LogP contribution in [0.2, 0.25) is 0 Å². The molecule has 0 unspecified atom stereocenters. The van der Waals surface area contributed by atoms with Gasteiger partial charge in [-0.3, -0.25) is 9.59 Å². The minimum atomic E-state index is -1.47. The van der Waals surface area contributed by atoms with Crippen molar-refractivity contribution >= 4 is 40.9 Å². The number of carbonyl (C=O) groups excluding carboxylic acids is 3. The second-order valence-electron chi connectivity index (χ2n) is 12.3. The van der Waals surface area contributed by atoms with Crippen LogP contribution in [0.3, 0.4) is 0 Å². The van der Waals surface area contributed by atoms with Gasteiger partial charge >= 0.3 is 12.1 Å². The van der Waals surface area contributed by atoms with Crippen molar-refractivity contribution in [2.45, 2.75) is 62.8 Å². The molecule has 47 heavy (non-hydrogen) atoms. The first-order chi connectivity index (χ1) is 22.7. The monoisotopic (exact) mass is 638 g/mol. The number of hydrogen-bond donors (Lipinski definition) is 3. The van der Waals surface area contributed by atoms with Crippen molar-refractivity contribution in [2.75, 3.05) is 13.2 Å².